The Bertz CT molecular complexity index is 915. The molecule has 1 aromatic heterocycles. The number of aromatic nitrogens is 2. The Kier molecular flexibility index (Phi) is 6.08. The first-order chi connectivity index (χ1) is 13.1. The van der Waals surface area contributed by atoms with Crippen LogP contribution >= 0.6 is 11.8 Å². The third-order valence-electron chi connectivity index (χ3n) is 3.78. The predicted octanol–water partition coefficient (Wildman–Crippen LogP) is 3.68. The molecular weight excluding hydrogens is 369 g/mol. The van der Waals surface area contributed by atoms with Gasteiger partial charge >= 0.3 is 0 Å². The number of amides is 1. The van der Waals surface area contributed by atoms with Gasteiger partial charge in [0, 0.05) is 6.54 Å². The summed E-state index contributed by atoms with van der Waals surface area (Å²) in [5.74, 6) is 0.238. The third-order valence-corrected chi connectivity index (χ3v) is 4.72. The zero-order chi connectivity index (χ0) is 19.2. The number of methoxy groups -OCH3 is 1. The highest BCUT2D eigenvalue weighted by molar-refractivity contribution is 8.00. The van der Waals surface area contributed by atoms with E-state index in [0.717, 1.165) is 23.1 Å². The maximum absolute atomic E-state index is 13.8. The molecule has 140 valence electrons. The standard InChI is InChI=1S/C19H18FN3O3S/c1-12(17(24)21-11-13-7-9-14(25-2)10-8-13)27-19-23-22-18(26-19)15-5-3-4-6-16(15)20/h3-10,12H,11H2,1-2H3,(H,21,24)/t12-/m0/s1. The highest BCUT2D eigenvalue weighted by Crippen LogP contribution is 2.27. The fraction of sp³-hybridized carbons (Fsp3) is 0.211. The molecule has 3 rings (SSSR count). The van der Waals surface area contributed by atoms with Crippen molar-refractivity contribution < 1.29 is 18.3 Å². The van der Waals surface area contributed by atoms with Gasteiger partial charge < -0.3 is 14.5 Å². The molecular formula is C19H18FN3O3S. The zero-order valence-electron chi connectivity index (χ0n) is 14.8. The molecule has 0 unspecified atom stereocenters. The number of halogens is 1. The van der Waals surface area contributed by atoms with Gasteiger partial charge in [-0.3, -0.25) is 4.79 Å². The molecule has 2 aromatic carbocycles. The van der Waals surface area contributed by atoms with Crippen LogP contribution in [0.25, 0.3) is 11.5 Å². The monoisotopic (exact) mass is 387 g/mol. The quantitative estimate of drug-likeness (QED) is 0.623. The van der Waals surface area contributed by atoms with E-state index >= 15 is 0 Å². The second kappa shape index (κ2) is 8.68. The fourth-order valence-electron chi connectivity index (χ4n) is 2.28. The molecule has 0 fully saturated rings. The second-order valence-electron chi connectivity index (χ2n) is 5.68. The Morgan fingerprint density at radius 1 is 1.22 bits per heavy atom. The number of nitrogens with one attached hydrogen (secondary N) is 1. The normalized spacial score (nSPS) is 11.8. The van der Waals surface area contributed by atoms with Crippen LogP contribution in [0.5, 0.6) is 5.75 Å². The lowest BCUT2D eigenvalue weighted by Crippen LogP contribution is -2.30. The summed E-state index contributed by atoms with van der Waals surface area (Å²) < 4.78 is 24.3. The minimum absolute atomic E-state index is 0.0847. The van der Waals surface area contributed by atoms with E-state index in [1.54, 1.807) is 32.2 Å². The van der Waals surface area contributed by atoms with Crippen molar-refractivity contribution in [2.45, 2.75) is 23.9 Å². The number of hydrogen-bond donors (Lipinski definition) is 1. The minimum atomic E-state index is -0.447. The van der Waals surface area contributed by atoms with E-state index < -0.39 is 11.1 Å². The maximum Gasteiger partial charge on any atom is 0.277 e. The van der Waals surface area contributed by atoms with Crippen LogP contribution in [0.1, 0.15) is 12.5 Å². The summed E-state index contributed by atoms with van der Waals surface area (Å²) in [6, 6.07) is 13.6. The van der Waals surface area contributed by atoms with E-state index in [9.17, 15) is 9.18 Å². The van der Waals surface area contributed by atoms with E-state index in [4.69, 9.17) is 9.15 Å². The van der Waals surface area contributed by atoms with Gasteiger partial charge in [0.15, 0.2) is 0 Å². The Hall–Kier alpha value is -2.87. The maximum atomic E-state index is 13.8. The number of carbonyl (C=O) groups excluding carboxylic acids is 1. The van der Waals surface area contributed by atoms with Gasteiger partial charge in [-0.2, -0.15) is 0 Å². The molecule has 1 heterocycles. The molecule has 6 nitrogen and oxygen atoms in total. The van der Waals surface area contributed by atoms with Crippen LogP contribution in [0.3, 0.4) is 0 Å². The highest BCUT2D eigenvalue weighted by atomic mass is 32.2. The fourth-order valence-corrected chi connectivity index (χ4v) is 2.99. The lowest BCUT2D eigenvalue weighted by atomic mass is 10.2. The van der Waals surface area contributed by atoms with Crippen LogP contribution in [-0.2, 0) is 11.3 Å². The number of carbonyl (C=O) groups is 1. The van der Waals surface area contributed by atoms with Gasteiger partial charge in [-0.1, -0.05) is 36.0 Å². The van der Waals surface area contributed by atoms with Gasteiger partial charge in [-0.05, 0) is 36.8 Å². The van der Waals surface area contributed by atoms with E-state index in [2.05, 4.69) is 15.5 Å². The average molecular weight is 387 g/mol. The molecule has 1 N–H and O–H groups in total. The SMILES string of the molecule is COc1ccc(CNC(=O)[C@H](C)Sc2nnc(-c3ccccc3F)o2)cc1. The van der Waals surface area contributed by atoms with Crippen LogP contribution in [0.2, 0.25) is 0 Å². The van der Waals surface area contributed by atoms with E-state index in [0.29, 0.717) is 6.54 Å². The van der Waals surface area contributed by atoms with Crippen molar-refractivity contribution in [3.63, 3.8) is 0 Å². The third kappa shape index (κ3) is 4.85. The molecule has 0 saturated carbocycles. The van der Waals surface area contributed by atoms with Crippen LogP contribution in [0.15, 0.2) is 58.2 Å². The molecule has 1 atom stereocenters. The second-order valence-corrected chi connectivity index (χ2v) is 6.97. The number of benzene rings is 2. The first-order valence-corrected chi connectivity index (χ1v) is 9.10. The van der Waals surface area contributed by atoms with Crippen LogP contribution < -0.4 is 10.1 Å². The molecule has 0 aliphatic heterocycles. The van der Waals surface area contributed by atoms with Gasteiger partial charge in [0.25, 0.3) is 11.1 Å². The highest BCUT2D eigenvalue weighted by Gasteiger charge is 2.19. The Morgan fingerprint density at radius 3 is 2.67 bits per heavy atom. The number of hydrogen-bond acceptors (Lipinski definition) is 6. The molecule has 0 bridgehead atoms. The van der Waals surface area contributed by atoms with E-state index in [1.807, 2.05) is 24.3 Å². The summed E-state index contributed by atoms with van der Waals surface area (Å²) in [4.78, 5) is 12.3. The summed E-state index contributed by atoms with van der Waals surface area (Å²) in [7, 11) is 1.60. The minimum Gasteiger partial charge on any atom is -0.497 e. The molecule has 3 aromatic rings. The van der Waals surface area contributed by atoms with E-state index in [1.165, 1.54) is 6.07 Å². The molecule has 0 aliphatic carbocycles. The van der Waals surface area contributed by atoms with Crippen molar-refractivity contribution in [3.8, 4) is 17.2 Å². The summed E-state index contributed by atoms with van der Waals surface area (Å²) in [5, 5.41) is 10.3. The van der Waals surface area contributed by atoms with Crippen molar-refractivity contribution in [2.24, 2.45) is 0 Å². The van der Waals surface area contributed by atoms with E-state index in [-0.39, 0.29) is 22.6 Å². The zero-order valence-corrected chi connectivity index (χ0v) is 15.6. The summed E-state index contributed by atoms with van der Waals surface area (Å²) in [5.41, 5.74) is 1.19. The Morgan fingerprint density at radius 2 is 1.96 bits per heavy atom. The first-order valence-electron chi connectivity index (χ1n) is 8.22. The summed E-state index contributed by atoms with van der Waals surface area (Å²) in [6.07, 6.45) is 0. The van der Waals surface area contributed by atoms with Crippen LogP contribution in [-0.4, -0.2) is 28.5 Å². The lowest BCUT2D eigenvalue weighted by Gasteiger charge is -2.10. The number of thioether (sulfide) groups is 1. The molecule has 1 amide bonds. The van der Waals surface area contributed by atoms with Gasteiger partial charge in [-0.25, -0.2) is 4.39 Å². The lowest BCUT2D eigenvalue weighted by molar-refractivity contribution is -0.120. The van der Waals surface area contributed by atoms with Crippen molar-refractivity contribution in [2.75, 3.05) is 7.11 Å². The van der Waals surface area contributed by atoms with Gasteiger partial charge in [0.1, 0.15) is 11.6 Å². The molecule has 8 heteroatoms. The van der Waals surface area contributed by atoms with Crippen molar-refractivity contribution in [1.82, 2.24) is 15.5 Å². The van der Waals surface area contributed by atoms with Crippen molar-refractivity contribution in [3.05, 3.63) is 59.9 Å². The Labute approximate surface area is 160 Å². The van der Waals surface area contributed by atoms with Crippen molar-refractivity contribution in [1.29, 1.82) is 0 Å². The van der Waals surface area contributed by atoms with Gasteiger partial charge in [0.2, 0.25) is 5.91 Å². The summed E-state index contributed by atoms with van der Waals surface area (Å²) >= 11 is 1.12. The number of rotatable bonds is 7. The van der Waals surface area contributed by atoms with Gasteiger partial charge in [0.05, 0.1) is 17.9 Å². The largest absolute Gasteiger partial charge is 0.497 e. The molecule has 0 aliphatic rings. The topological polar surface area (TPSA) is 77.2 Å². The number of ether oxygens (including phenoxy) is 1. The molecule has 0 radical (unpaired) electrons. The predicted molar refractivity (Wildman–Crippen MR) is 99.9 cm³/mol. The summed E-state index contributed by atoms with van der Waals surface area (Å²) in [6.45, 7) is 2.14. The van der Waals surface area contributed by atoms with Crippen LogP contribution in [0, 0.1) is 5.82 Å². The Balaban J connectivity index is 1.56. The first kappa shape index (κ1) is 18.9. The number of nitrogens with zero attached hydrogens (tertiary/aromatic N) is 2. The average Bonchev–Trinajstić information content (AvgIpc) is 3.15. The smallest absolute Gasteiger partial charge is 0.277 e. The molecule has 27 heavy (non-hydrogen) atoms. The molecule has 0 spiro atoms. The van der Waals surface area contributed by atoms with Crippen molar-refractivity contribution >= 4 is 17.7 Å². The van der Waals surface area contributed by atoms with Gasteiger partial charge in [-0.15, -0.1) is 10.2 Å². The molecule has 0 saturated heterocycles. The van der Waals surface area contributed by atoms with Crippen LogP contribution in [0.4, 0.5) is 4.39 Å².